The van der Waals surface area contributed by atoms with Crippen LogP contribution in [0.4, 0.5) is 0 Å². The number of hydrogen-bond donors (Lipinski definition) is 0. The van der Waals surface area contributed by atoms with Gasteiger partial charge >= 0.3 is 0 Å². The van der Waals surface area contributed by atoms with Crippen molar-refractivity contribution >= 4 is 92.3 Å². The van der Waals surface area contributed by atoms with Crippen LogP contribution in [0.3, 0.4) is 0 Å². The van der Waals surface area contributed by atoms with Gasteiger partial charge in [-0.05, 0) is 70.5 Å². The van der Waals surface area contributed by atoms with Crippen LogP contribution in [-0.2, 0) is 6.42 Å². The topological polar surface area (TPSA) is 35.1 Å². The summed E-state index contributed by atoms with van der Waals surface area (Å²) in [6.07, 6.45) is 0.937. The van der Waals surface area contributed by atoms with Gasteiger partial charge in [-0.2, -0.15) is 0 Å². The first-order valence-corrected chi connectivity index (χ1v) is 21.8. The van der Waals surface area contributed by atoms with Gasteiger partial charge in [0.2, 0.25) is 0 Å². The number of hydrogen-bond acceptors (Lipinski definition) is 2. The third-order valence-electron chi connectivity index (χ3n) is 14.0. The quantitative estimate of drug-likeness (QED) is 0.178. The molecular weight excluding hydrogens is 765 g/mol. The molecule has 0 radical (unpaired) electrons. The van der Waals surface area contributed by atoms with Gasteiger partial charge in [0.1, 0.15) is 0 Å². The molecule has 0 atom stereocenters. The average molecular weight is 799 g/mol. The van der Waals surface area contributed by atoms with Crippen molar-refractivity contribution in [3.8, 4) is 39.5 Å². The Balaban J connectivity index is 1.01. The molecule has 4 nitrogen and oxygen atoms in total. The van der Waals surface area contributed by atoms with E-state index in [1.54, 1.807) is 0 Å². The van der Waals surface area contributed by atoms with Gasteiger partial charge < -0.3 is 8.97 Å². The molecule has 0 saturated carbocycles. The van der Waals surface area contributed by atoms with Crippen molar-refractivity contribution in [1.82, 2.24) is 18.9 Å². The molecule has 0 amide bonds. The highest BCUT2D eigenvalue weighted by Gasteiger charge is 2.27. The minimum Gasteiger partial charge on any atom is -0.308 e. The summed E-state index contributed by atoms with van der Waals surface area (Å²) in [6.45, 7) is 0. The van der Waals surface area contributed by atoms with E-state index in [9.17, 15) is 0 Å². The summed E-state index contributed by atoms with van der Waals surface area (Å²) in [5.41, 5.74) is 16.7. The minimum atomic E-state index is 0.720. The summed E-state index contributed by atoms with van der Waals surface area (Å²) < 4.78 is 5.07. The van der Waals surface area contributed by atoms with Gasteiger partial charge in [0, 0.05) is 70.7 Å². The van der Waals surface area contributed by atoms with Crippen LogP contribution in [0, 0.1) is 0 Å². The molecule has 4 heteroatoms. The van der Waals surface area contributed by atoms with E-state index in [-0.39, 0.29) is 0 Å². The molecule has 0 unspecified atom stereocenters. The smallest absolute Gasteiger partial charge is 0.160 e. The fraction of sp³-hybridized carbons (Fsp3) is 0.0169. The molecule has 10 aromatic carbocycles. The molecule has 15 rings (SSSR count). The molecule has 0 N–H and O–H groups in total. The van der Waals surface area contributed by atoms with Gasteiger partial charge in [0.25, 0.3) is 0 Å². The second-order valence-electron chi connectivity index (χ2n) is 17.2. The molecule has 0 aliphatic heterocycles. The van der Waals surface area contributed by atoms with Crippen molar-refractivity contribution in [2.45, 2.75) is 6.42 Å². The van der Waals surface area contributed by atoms with E-state index in [0.29, 0.717) is 0 Å². The van der Waals surface area contributed by atoms with Crippen LogP contribution in [0.15, 0.2) is 194 Å². The summed E-state index contributed by atoms with van der Waals surface area (Å²) in [4.78, 5) is 10.7. The molecule has 4 heterocycles. The van der Waals surface area contributed by atoms with Crippen molar-refractivity contribution in [3.05, 3.63) is 205 Å². The highest BCUT2D eigenvalue weighted by atomic mass is 15.0. The Morgan fingerprint density at radius 1 is 0.381 bits per heavy atom. The Kier molecular flexibility index (Phi) is 6.44. The highest BCUT2D eigenvalue weighted by molar-refractivity contribution is 6.40. The Morgan fingerprint density at radius 2 is 1.00 bits per heavy atom. The van der Waals surface area contributed by atoms with Crippen LogP contribution >= 0.6 is 0 Å². The second kappa shape index (κ2) is 12.2. The Hall–Kier alpha value is -8.34. The molecule has 0 fully saturated rings. The van der Waals surface area contributed by atoms with Gasteiger partial charge in [0.05, 0.1) is 38.8 Å². The van der Waals surface area contributed by atoms with Crippen molar-refractivity contribution in [3.63, 3.8) is 0 Å². The first-order valence-electron chi connectivity index (χ1n) is 21.8. The first kappa shape index (κ1) is 33.4. The maximum Gasteiger partial charge on any atom is 0.160 e. The average Bonchev–Trinajstić information content (AvgIpc) is 4.10. The predicted octanol–water partition coefficient (Wildman–Crippen LogP) is 15.1. The molecule has 63 heavy (non-hydrogen) atoms. The van der Waals surface area contributed by atoms with Gasteiger partial charge in [-0.15, -0.1) is 0 Å². The van der Waals surface area contributed by atoms with E-state index < -0.39 is 0 Å². The number of nitrogens with zero attached hydrogens (tertiary/aromatic N) is 4. The maximum atomic E-state index is 5.44. The molecule has 290 valence electrons. The Bertz CT molecular complexity index is 4280. The van der Waals surface area contributed by atoms with Crippen LogP contribution in [0.1, 0.15) is 11.1 Å². The molecule has 0 bridgehead atoms. The molecule has 1 aliphatic rings. The van der Waals surface area contributed by atoms with Crippen molar-refractivity contribution in [2.24, 2.45) is 0 Å². The number of para-hydroxylation sites is 3. The molecule has 4 aromatic heterocycles. The second-order valence-corrected chi connectivity index (χ2v) is 17.2. The van der Waals surface area contributed by atoms with Crippen molar-refractivity contribution < 1.29 is 0 Å². The van der Waals surface area contributed by atoms with E-state index in [1.165, 1.54) is 104 Å². The number of rotatable bonds is 3. The maximum absolute atomic E-state index is 5.44. The number of aromatic nitrogens is 4. The van der Waals surface area contributed by atoms with E-state index in [0.717, 1.165) is 45.7 Å². The van der Waals surface area contributed by atoms with E-state index in [4.69, 9.17) is 9.97 Å². The lowest BCUT2D eigenvalue weighted by molar-refractivity contribution is 1.18. The Morgan fingerprint density at radius 3 is 1.89 bits per heavy atom. The Labute approximate surface area is 360 Å². The standard InChI is InChI=1S/C59H34N4/c1-4-17-40-34(13-1)29-32-48-53-52-47-24-12-22-42-41-18-8-10-26-50(41)63(56(42)47)58(52)44-20-6-5-19-43(44)57(53)62(55(40)48)38-30-27-35(28-31-38)59-60-49-25-9-7-21-45(49)54(61-59)46-23-11-15-37-33-36-14-2-3-16-39(36)51(37)46/h1-32H,33H2. The lowest BCUT2D eigenvalue weighted by Crippen LogP contribution is -1.98. The third kappa shape index (κ3) is 4.34. The van der Waals surface area contributed by atoms with Gasteiger partial charge in [-0.25, -0.2) is 9.97 Å². The molecular formula is C59H34N4. The minimum absolute atomic E-state index is 0.720. The molecule has 0 saturated heterocycles. The van der Waals surface area contributed by atoms with Crippen LogP contribution in [0.2, 0.25) is 0 Å². The lowest BCUT2D eigenvalue weighted by atomic mass is 9.95. The summed E-state index contributed by atoms with van der Waals surface area (Å²) in [5, 5.41) is 13.7. The fourth-order valence-electron chi connectivity index (χ4n) is 11.5. The fourth-order valence-corrected chi connectivity index (χ4v) is 11.5. The van der Waals surface area contributed by atoms with Crippen molar-refractivity contribution in [2.75, 3.05) is 0 Å². The zero-order chi connectivity index (χ0) is 40.9. The van der Waals surface area contributed by atoms with Crippen LogP contribution in [0.25, 0.3) is 132 Å². The predicted molar refractivity (Wildman–Crippen MR) is 263 cm³/mol. The summed E-state index contributed by atoms with van der Waals surface area (Å²) >= 11 is 0. The summed E-state index contributed by atoms with van der Waals surface area (Å²) in [5.74, 6) is 0.720. The zero-order valence-corrected chi connectivity index (χ0v) is 34.0. The van der Waals surface area contributed by atoms with Gasteiger partial charge in [-0.1, -0.05) is 158 Å². The molecule has 1 aliphatic carbocycles. The van der Waals surface area contributed by atoms with Crippen LogP contribution < -0.4 is 0 Å². The molecule has 14 aromatic rings. The SMILES string of the molecule is c1ccc2c(c1)Cc1cccc(-c3nc(-c4ccc(-n5c6c7ccccc7ccc6c6c7c8cccc9c%10ccccc%10n(c98)c7c7ccccc7c65)cc4)nc4ccccc34)c1-2. The summed E-state index contributed by atoms with van der Waals surface area (Å²) in [7, 11) is 0. The highest BCUT2D eigenvalue weighted by Crippen LogP contribution is 2.50. The van der Waals surface area contributed by atoms with E-state index >= 15 is 0 Å². The number of fused-ring (bicyclic) bond motifs is 19. The van der Waals surface area contributed by atoms with Gasteiger partial charge in [-0.3, -0.25) is 0 Å². The monoisotopic (exact) mass is 798 g/mol. The summed E-state index contributed by atoms with van der Waals surface area (Å²) in [6, 6.07) is 71.1. The largest absolute Gasteiger partial charge is 0.308 e. The zero-order valence-electron chi connectivity index (χ0n) is 34.0. The normalized spacial score (nSPS) is 12.7. The number of benzene rings is 10. The van der Waals surface area contributed by atoms with Crippen molar-refractivity contribution in [1.29, 1.82) is 0 Å². The molecule has 0 spiro atoms. The van der Waals surface area contributed by atoms with Crippen LogP contribution in [-0.4, -0.2) is 18.9 Å². The van der Waals surface area contributed by atoms with Gasteiger partial charge in [0.15, 0.2) is 5.82 Å². The first-order chi connectivity index (χ1) is 31.3. The van der Waals surface area contributed by atoms with E-state index in [1.807, 2.05) is 0 Å². The lowest BCUT2D eigenvalue weighted by Gasteiger charge is -2.15. The third-order valence-corrected chi connectivity index (χ3v) is 14.0. The van der Waals surface area contributed by atoms with E-state index in [2.05, 4.69) is 203 Å². The van der Waals surface area contributed by atoms with Crippen LogP contribution in [0.5, 0.6) is 0 Å².